The zero-order chi connectivity index (χ0) is 24.4. The van der Waals surface area contributed by atoms with Crippen molar-refractivity contribution in [2.45, 2.75) is 26.0 Å². The highest BCUT2D eigenvalue weighted by molar-refractivity contribution is 6.51. The molecule has 1 aliphatic rings. The Labute approximate surface area is 196 Å². The fourth-order valence-electron chi connectivity index (χ4n) is 3.95. The van der Waals surface area contributed by atoms with E-state index in [2.05, 4.69) is 0 Å². The molecule has 0 spiro atoms. The van der Waals surface area contributed by atoms with E-state index in [1.165, 1.54) is 36.3 Å². The Kier molecular flexibility index (Phi) is 6.36. The van der Waals surface area contributed by atoms with Crippen LogP contribution in [0.5, 0.6) is 11.5 Å². The highest BCUT2D eigenvalue weighted by atomic mass is 19.1. The number of hydrogen-bond donors (Lipinski definition) is 1. The molecule has 1 saturated heterocycles. The lowest BCUT2D eigenvalue weighted by molar-refractivity contribution is -0.132. The minimum atomic E-state index is -0.955. The number of hydrogen-bond acceptors (Lipinski definition) is 5. The van der Waals surface area contributed by atoms with Crippen LogP contribution < -0.4 is 14.4 Å². The third kappa shape index (κ3) is 4.37. The number of halogens is 1. The molecular formula is C27H24FNO5. The molecule has 1 unspecified atom stereocenters. The van der Waals surface area contributed by atoms with Gasteiger partial charge in [0, 0.05) is 11.3 Å². The molecule has 3 aromatic rings. The fourth-order valence-corrected chi connectivity index (χ4v) is 3.95. The van der Waals surface area contributed by atoms with E-state index in [0.717, 1.165) is 0 Å². The first-order valence-electron chi connectivity index (χ1n) is 10.8. The summed E-state index contributed by atoms with van der Waals surface area (Å²) in [5.74, 6) is -1.32. The molecule has 1 atom stereocenters. The van der Waals surface area contributed by atoms with Crippen LogP contribution in [0.1, 0.15) is 31.0 Å². The van der Waals surface area contributed by atoms with Gasteiger partial charge in [-0.25, -0.2) is 4.39 Å². The molecule has 6 nitrogen and oxygen atoms in total. The van der Waals surface area contributed by atoms with Crippen LogP contribution in [0.15, 0.2) is 78.4 Å². The second-order valence-corrected chi connectivity index (χ2v) is 8.11. The standard InChI is InChI=1S/C27H24FNO5/c1-16(2)34-22-6-4-5-18(15-22)25(30)23-24(17-7-9-19(28)10-8-17)29(27(32)26(23)31)20-11-13-21(33-3)14-12-20/h4-16,24,30H,1-3H3/b25-23-. The van der Waals surface area contributed by atoms with Crippen molar-refractivity contribution in [2.75, 3.05) is 12.0 Å². The molecule has 3 aromatic carbocycles. The van der Waals surface area contributed by atoms with Gasteiger partial charge in [0.2, 0.25) is 0 Å². The van der Waals surface area contributed by atoms with Crippen LogP contribution in [0.3, 0.4) is 0 Å². The molecule has 0 radical (unpaired) electrons. The van der Waals surface area contributed by atoms with E-state index in [0.29, 0.717) is 28.3 Å². The fraction of sp³-hybridized carbons (Fsp3) is 0.185. The molecule has 0 aliphatic carbocycles. The number of carbonyl (C=O) groups excluding carboxylic acids is 2. The van der Waals surface area contributed by atoms with Crippen molar-refractivity contribution >= 4 is 23.1 Å². The van der Waals surface area contributed by atoms with Crippen molar-refractivity contribution < 1.29 is 28.6 Å². The molecule has 4 rings (SSSR count). The zero-order valence-electron chi connectivity index (χ0n) is 19.0. The van der Waals surface area contributed by atoms with Crippen LogP contribution in [-0.4, -0.2) is 30.0 Å². The minimum absolute atomic E-state index is 0.0859. The van der Waals surface area contributed by atoms with Crippen molar-refractivity contribution in [2.24, 2.45) is 0 Å². The van der Waals surface area contributed by atoms with Gasteiger partial charge in [-0.05, 0) is 67.9 Å². The van der Waals surface area contributed by atoms with Crippen LogP contribution in [0.4, 0.5) is 10.1 Å². The SMILES string of the molecule is COc1ccc(N2C(=O)C(=O)/C(=C(\O)c3cccc(OC(C)C)c3)C2c2ccc(F)cc2)cc1. The maximum atomic E-state index is 13.7. The average molecular weight is 461 g/mol. The molecular weight excluding hydrogens is 437 g/mol. The molecule has 1 heterocycles. The molecule has 174 valence electrons. The van der Waals surface area contributed by atoms with E-state index in [1.807, 2.05) is 13.8 Å². The van der Waals surface area contributed by atoms with Crippen molar-refractivity contribution in [1.29, 1.82) is 0 Å². The predicted octanol–water partition coefficient (Wildman–Crippen LogP) is 5.25. The first-order chi connectivity index (χ1) is 16.3. The molecule has 0 aromatic heterocycles. The van der Waals surface area contributed by atoms with Gasteiger partial charge in [-0.3, -0.25) is 14.5 Å². The number of nitrogens with zero attached hydrogens (tertiary/aromatic N) is 1. The number of amides is 1. The van der Waals surface area contributed by atoms with E-state index in [1.54, 1.807) is 48.5 Å². The monoisotopic (exact) mass is 461 g/mol. The molecule has 7 heteroatoms. The van der Waals surface area contributed by atoms with Gasteiger partial charge in [0.1, 0.15) is 23.1 Å². The Morgan fingerprint density at radius 3 is 2.26 bits per heavy atom. The third-order valence-corrected chi connectivity index (χ3v) is 5.46. The second-order valence-electron chi connectivity index (χ2n) is 8.11. The van der Waals surface area contributed by atoms with E-state index < -0.39 is 23.5 Å². The number of aliphatic hydroxyl groups is 1. The Morgan fingerprint density at radius 1 is 0.971 bits per heavy atom. The van der Waals surface area contributed by atoms with Crippen LogP contribution >= 0.6 is 0 Å². The highest BCUT2D eigenvalue weighted by Gasteiger charge is 2.47. The van der Waals surface area contributed by atoms with Crippen molar-refractivity contribution in [3.8, 4) is 11.5 Å². The van der Waals surface area contributed by atoms with Gasteiger partial charge in [-0.1, -0.05) is 24.3 Å². The van der Waals surface area contributed by atoms with Gasteiger partial charge in [0.05, 0.1) is 24.8 Å². The molecule has 0 saturated carbocycles. The number of carbonyl (C=O) groups is 2. The Bertz CT molecular complexity index is 1250. The minimum Gasteiger partial charge on any atom is -0.507 e. The van der Waals surface area contributed by atoms with Crippen LogP contribution in [-0.2, 0) is 9.59 Å². The number of rotatable bonds is 6. The summed E-state index contributed by atoms with van der Waals surface area (Å²) in [4.78, 5) is 27.7. The Hall–Kier alpha value is -4.13. The molecule has 1 aliphatic heterocycles. The summed E-state index contributed by atoms with van der Waals surface area (Å²) >= 11 is 0. The first kappa shape index (κ1) is 23.0. The second kappa shape index (κ2) is 9.39. The molecule has 34 heavy (non-hydrogen) atoms. The Balaban J connectivity index is 1.88. The quantitative estimate of drug-likeness (QED) is 0.308. The van der Waals surface area contributed by atoms with Gasteiger partial charge in [-0.15, -0.1) is 0 Å². The van der Waals surface area contributed by atoms with E-state index in [-0.39, 0.29) is 17.4 Å². The topological polar surface area (TPSA) is 76.1 Å². The van der Waals surface area contributed by atoms with Gasteiger partial charge in [0.15, 0.2) is 0 Å². The number of aliphatic hydroxyl groups excluding tert-OH is 1. The summed E-state index contributed by atoms with van der Waals surface area (Å²) in [5, 5.41) is 11.2. The van der Waals surface area contributed by atoms with Gasteiger partial charge in [0.25, 0.3) is 11.7 Å². The van der Waals surface area contributed by atoms with Crippen LogP contribution in [0.2, 0.25) is 0 Å². The van der Waals surface area contributed by atoms with Gasteiger partial charge in [-0.2, -0.15) is 0 Å². The zero-order valence-corrected chi connectivity index (χ0v) is 19.0. The molecule has 1 N–H and O–H groups in total. The van der Waals surface area contributed by atoms with Crippen molar-refractivity contribution in [1.82, 2.24) is 0 Å². The van der Waals surface area contributed by atoms with Crippen LogP contribution in [0, 0.1) is 5.82 Å². The lowest BCUT2D eigenvalue weighted by atomic mass is 9.95. The average Bonchev–Trinajstić information content (AvgIpc) is 3.09. The number of Topliss-reactive ketones (excluding diaryl/α,β-unsaturated/α-hetero) is 1. The largest absolute Gasteiger partial charge is 0.507 e. The molecule has 0 bridgehead atoms. The number of benzene rings is 3. The lowest BCUT2D eigenvalue weighted by Crippen LogP contribution is -2.29. The van der Waals surface area contributed by atoms with E-state index in [4.69, 9.17) is 9.47 Å². The number of methoxy groups -OCH3 is 1. The predicted molar refractivity (Wildman–Crippen MR) is 126 cm³/mol. The first-order valence-corrected chi connectivity index (χ1v) is 10.8. The summed E-state index contributed by atoms with van der Waals surface area (Å²) in [6, 6.07) is 17.8. The third-order valence-electron chi connectivity index (χ3n) is 5.46. The normalized spacial score (nSPS) is 17.3. The molecule has 1 amide bonds. The highest BCUT2D eigenvalue weighted by Crippen LogP contribution is 2.42. The molecule has 1 fully saturated rings. The lowest BCUT2D eigenvalue weighted by Gasteiger charge is -2.25. The maximum Gasteiger partial charge on any atom is 0.300 e. The summed E-state index contributed by atoms with van der Waals surface area (Å²) in [6.07, 6.45) is -0.0859. The van der Waals surface area contributed by atoms with E-state index >= 15 is 0 Å². The van der Waals surface area contributed by atoms with Gasteiger partial charge < -0.3 is 14.6 Å². The smallest absolute Gasteiger partial charge is 0.300 e. The summed E-state index contributed by atoms with van der Waals surface area (Å²) in [5.41, 5.74) is 1.16. The van der Waals surface area contributed by atoms with Gasteiger partial charge >= 0.3 is 0 Å². The maximum absolute atomic E-state index is 13.7. The van der Waals surface area contributed by atoms with Crippen LogP contribution in [0.25, 0.3) is 5.76 Å². The summed E-state index contributed by atoms with van der Waals surface area (Å²) < 4.78 is 24.6. The summed E-state index contributed by atoms with van der Waals surface area (Å²) in [6.45, 7) is 3.75. The van der Waals surface area contributed by atoms with E-state index in [9.17, 15) is 19.1 Å². The number of ketones is 1. The number of anilines is 1. The number of ether oxygens (including phenoxy) is 2. The van der Waals surface area contributed by atoms with Crippen molar-refractivity contribution in [3.63, 3.8) is 0 Å². The van der Waals surface area contributed by atoms with Crippen molar-refractivity contribution in [3.05, 3.63) is 95.3 Å². The summed E-state index contributed by atoms with van der Waals surface area (Å²) in [7, 11) is 1.52. The Morgan fingerprint density at radius 2 is 1.65 bits per heavy atom.